The number of nitrogens with one attached hydrogen (secondary N) is 1. The number of likely N-dealkylation sites (tertiary alicyclic amines) is 1. The van der Waals surface area contributed by atoms with Gasteiger partial charge in [-0.25, -0.2) is 0 Å². The first kappa shape index (κ1) is 27.7. The number of hydrogen-bond acceptors (Lipinski definition) is 6. The molecule has 3 rings (SSSR count). The molecule has 1 aliphatic rings. The number of amidine groups is 1. The average molecular weight is 509 g/mol. The second kappa shape index (κ2) is 12.4. The molecule has 0 aromatic heterocycles. The minimum atomic E-state index is -0.539. The van der Waals surface area contributed by atoms with Crippen molar-refractivity contribution < 1.29 is 23.8 Å². The molecule has 37 heavy (non-hydrogen) atoms. The number of ether oxygens (including phenoxy) is 3. The zero-order valence-corrected chi connectivity index (χ0v) is 22.1. The summed E-state index contributed by atoms with van der Waals surface area (Å²) in [7, 11) is 1.72. The highest BCUT2D eigenvalue weighted by atomic mass is 16.5. The molecule has 0 aliphatic carbocycles. The van der Waals surface area contributed by atoms with Crippen LogP contribution in [0, 0.1) is 0 Å². The molecule has 0 spiro atoms. The van der Waals surface area contributed by atoms with Crippen LogP contribution in [0.25, 0.3) is 0 Å². The number of hydrogen-bond donors (Lipinski definition) is 2. The summed E-state index contributed by atoms with van der Waals surface area (Å²) in [6.07, 6.45) is 3.82. The average Bonchev–Trinajstić information content (AvgIpc) is 2.80. The minimum absolute atomic E-state index is 0.00955. The molecule has 1 aliphatic heterocycles. The van der Waals surface area contributed by atoms with Crippen LogP contribution >= 0.6 is 0 Å². The third-order valence-electron chi connectivity index (χ3n) is 5.35. The van der Waals surface area contributed by atoms with Crippen LogP contribution in [0.5, 0.6) is 17.2 Å². The molecule has 2 aromatic rings. The minimum Gasteiger partial charge on any atom is -0.488 e. The summed E-state index contributed by atoms with van der Waals surface area (Å²) in [5.41, 5.74) is 6.37. The molecule has 198 valence electrons. The molecule has 1 heterocycles. The lowest BCUT2D eigenvalue weighted by Gasteiger charge is -2.30. The maximum absolute atomic E-state index is 12.8. The maximum Gasteiger partial charge on any atom is 0.279 e. The van der Waals surface area contributed by atoms with Crippen LogP contribution in [0.1, 0.15) is 54.8 Å². The van der Waals surface area contributed by atoms with Gasteiger partial charge in [-0.2, -0.15) is 4.99 Å². The maximum atomic E-state index is 12.8. The molecular formula is C28H36N4O5. The summed E-state index contributed by atoms with van der Waals surface area (Å²) in [6.45, 7) is 9.74. The molecule has 0 bridgehead atoms. The number of amides is 2. The van der Waals surface area contributed by atoms with Gasteiger partial charge in [0.2, 0.25) is 0 Å². The van der Waals surface area contributed by atoms with Gasteiger partial charge in [0.15, 0.2) is 0 Å². The lowest BCUT2D eigenvalue weighted by Crippen LogP contribution is -2.41. The van der Waals surface area contributed by atoms with Crippen LogP contribution in [0.3, 0.4) is 0 Å². The molecule has 1 saturated heterocycles. The Hall–Kier alpha value is -3.85. The highest BCUT2D eigenvalue weighted by Crippen LogP contribution is 2.29. The molecule has 1 fully saturated rings. The van der Waals surface area contributed by atoms with E-state index in [9.17, 15) is 9.59 Å². The number of nitrogens with zero attached hydrogens (tertiary/aromatic N) is 2. The molecule has 2 amide bonds. The van der Waals surface area contributed by atoms with Crippen molar-refractivity contribution >= 4 is 17.6 Å². The number of carbonyl (C=O) groups excluding carboxylic acids is 2. The van der Waals surface area contributed by atoms with Crippen LogP contribution in [0.2, 0.25) is 0 Å². The van der Waals surface area contributed by atoms with E-state index in [1.165, 1.54) is 6.08 Å². The van der Waals surface area contributed by atoms with Crippen molar-refractivity contribution in [1.29, 1.82) is 0 Å². The van der Waals surface area contributed by atoms with Crippen LogP contribution in [-0.4, -0.2) is 61.0 Å². The van der Waals surface area contributed by atoms with Crippen molar-refractivity contribution in [3.8, 4) is 17.2 Å². The third-order valence-corrected chi connectivity index (χ3v) is 5.35. The molecule has 2 aromatic carbocycles. The number of nitrogens with two attached hydrogens (primary N) is 1. The van der Waals surface area contributed by atoms with Crippen molar-refractivity contribution in [3.63, 3.8) is 0 Å². The van der Waals surface area contributed by atoms with Crippen molar-refractivity contribution in [2.45, 2.75) is 45.8 Å². The Labute approximate surface area is 218 Å². The van der Waals surface area contributed by atoms with Crippen LogP contribution < -0.4 is 20.5 Å². The van der Waals surface area contributed by atoms with Gasteiger partial charge >= 0.3 is 0 Å². The van der Waals surface area contributed by atoms with Gasteiger partial charge in [-0.15, -0.1) is 0 Å². The fraction of sp³-hybridized carbons (Fsp3) is 0.393. The van der Waals surface area contributed by atoms with E-state index in [0.29, 0.717) is 29.4 Å². The molecule has 9 heteroatoms. The Morgan fingerprint density at radius 2 is 1.76 bits per heavy atom. The zero-order chi connectivity index (χ0) is 27.0. The number of benzene rings is 2. The molecule has 3 N–H and O–H groups in total. The summed E-state index contributed by atoms with van der Waals surface area (Å²) in [6, 6.07) is 11.8. The van der Waals surface area contributed by atoms with Gasteiger partial charge in [-0.05, 0) is 82.8 Å². The van der Waals surface area contributed by atoms with Gasteiger partial charge in [0.25, 0.3) is 11.8 Å². The Bertz CT molecular complexity index is 1150. The first-order chi connectivity index (χ1) is 17.5. The first-order valence-electron chi connectivity index (χ1n) is 12.3. The number of rotatable bonds is 10. The van der Waals surface area contributed by atoms with E-state index in [-0.39, 0.29) is 29.0 Å². The van der Waals surface area contributed by atoms with E-state index in [0.717, 1.165) is 19.5 Å². The van der Waals surface area contributed by atoms with Crippen LogP contribution in [0.4, 0.5) is 0 Å². The summed E-state index contributed by atoms with van der Waals surface area (Å²) < 4.78 is 17.9. The first-order valence-corrected chi connectivity index (χ1v) is 12.3. The Morgan fingerprint density at radius 3 is 2.35 bits per heavy atom. The predicted octanol–water partition coefficient (Wildman–Crippen LogP) is 4.14. The van der Waals surface area contributed by atoms with E-state index in [1.807, 2.05) is 27.7 Å². The normalized spacial score (nSPS) is 14.7. The van der Waals surface area contributed by atoms with Crippen LogP contribution in [0.15, 0.2) is 59.7 Å². The molecule has 0 radical (unpaired) electrons. The highest BCUT2D eigenvalue weighted by Gasteiger charge is 2.21. The predicted molar refractivity (Wildman–Crippen MR) is 143 cm³/mol. The molecular weight excluding hydrogens is 472 g/mol. The molecule has 1 atom stereocenters. The summed E-state index contributed by atoms with van der Waals surface area (Å²) >= 11 is 0. The summed E-state index contributed by atoms with van der Waals surface area (Å²) in [4.78, 5) is 31.0. The van der Waals surface area contributed by atoms with Gasteiger partial charge in [-0.3, -0.25) is 9.59 Å². The Balaban J connectivity index is 1.82. The fourth-order valence-corrected chi connectivity index (χ4v) is 3.35. The third kappa shape index (κ3) is 8.64. The largest absolute Gasteiger partial charge is 0.488 e. The zero-order valence-electron chi connectivity index (χ0n) is 22.1. The fourth-order valence-electron chi connectivity index (χ4n) is 3.35. The van der Waals surface area contributed by atoms with Gasteiger partial charge in [0, 0.05) is 37.3 Å². The Morgan fingerprint density at radius 1 is 1.08 bits per heavy atom. The highest BCUT2D eigenvalue weighted by molar-refractivity contribution is 6.06. The van der Waals surface area contributed by atoms with Crippen molar-refractivity contribution in [2.75, 3.05) is 26.7 Å². The van der Waals surface area contributed by atoms with Crippen LogP contribution in [-0.2, 0) is 4.74 Å². The SMILES string of the molecule is CN/C=C\C(N)=NC(=O)c1cc(Oc2ccc(C(=O)N3CCC3)cc2)cc(OC(C)COC(C)(C)C)c1. The van der Waals surface area contributed by atoms with E-state index < -0.39 is 5.91 Å². The van der Waals surface area contributed by atoms with Crippen molar-refractivity contribution in [3.05, 3.63) is 65.9 Å². The smallest absolute Gasteiger partial charge is 0.279 e. The van der Waals surface area contributed by atoms with E-state index in [1.54, 1.807) is 60.6 Å². The summed E-state index contributed by atoms with van der Waals surface area (Å²) in [5, 5.41) is 2.80. The lowest BCUT2D eigenvalue weighted by molar-refractivity contribution is -0.0374. The molecule has 9 nitrogen and oxygen atoms in total. The number of aliphatic imine (C=N–C) groups is 1. The number of carbonyl (C=O) groups is 2. The topological polar surface area (TPSA) is 115 Å². The second-order valence-electron chi connectivity index (χ2n) is 9.78. The van der Waals surface area contributed by atoms with Gasteiger partial charge in [-0.1, -0.05) is 0 Å². The van der Waals surface area contributed by atoms with Gasteiger partial charge in [0.05, 0.1) is 12.2 Å². The molecule has 1 unspecified atom stereocenters. The quantitative estimate of drug-likeness (QED) is 0.366. The standard InChI is InChI=1S/C28H36N4O5/c1-19(18-35-28(2,3)4)36-23-15-21(26(33)31-25(29)11-12-30-5)16-24(17-23)37-22-9-7-20(8-10-22)27(34)32-13-6-14-32/h7-12,15-17,19,30H,6,13-14,18H2,1-5H3,(H2,29,31,33)/b12-11-. The van der Waals surface area contributed by atoms with Crippen molar-refractivity contribution in [1.82, 2.24) is 10.2 Å². The Kier molecular flexibility index (Phi) is 9.30. The van der Waals surface area contributed by atoms with Gasteiger partial charge in [0.1, 0.15) is 29.2 Å². The van der Waals surface area contributed by atoms with Crippen molar-refractivity contribution in [2.24, 2.45) is 10.7 Å². The van der Waals surface area contributed by atoms with E-state index in [2.05, 4.69) is 10.3 Å². The lowest BCUT2D eigenvalue weighted by atomic mass is 10.1. The second-order valence-corrected chi connectivity index (χ2v) is 9.78. The monoisotopic (exact) mass is 508 g/mol. The van der Waals surface area contributed by atoms with E-state index in [4.69, 9.17) is 19.9 Å². The molecule has 0 saturated carbocycles. The van der Waals surface area contributed by atoms with Gasteiger partial charge < -0.3 is 30.2 Å². The summed E-state index contributed by atoms with van der Waals surface area (Å²) in [5.74, 6) is 0.849. The van der Waals surface area contributed by atoms with E-state index >= 15 is 0 Å².